The Morgan fingerprint density at radius 1 is 1.30 bits per heavy atom. The van der Waals surface area contributed by atoms with Gasteiger partial charge in [-0.25, -0.2) is 0 Å². The molecule has 3 N–H and O–H groups in total. The van der Waals surface area contributed by atoms with Crippen LogP contribution in [0.2, 0.25) is 0 Å². The molecule has 1 aromatic heterocycles. The molecule has 108 valence electrons. The lowest BCUT2D eigenvalue weighted by atomic mass is 9.95. The van der Waals surface area contributed by atoms with E-state index >= 15 is 0 Å². The Morgan fingerprint density at radius 2 is 1.95 bits per heavy atom. The van der Waals surface area contributed by atoms with E-state index in [0.717, 1.165) is 22.9 Å². The second kappa shape index (κ2) is 6.27. The van der Waals surface area contributed by atoms with E-state index in [9.17, 15) is 4.79 Å². The van der Waals surface area contributed by atoms with Crippen LogP contribution in [0.3, 0.4) is 0 Å². The number of thiophene rings is 1. The van der Waals surface area contributed by atoms with Gasteiger partial charge in [0.15, 0.2) is 0 Å². The Morgan fingerprint density at radius 3 is 2.55 bits per heavy atom. The minimum Gasteiger partial charge on any atom is -0.397 e. The fourth-order valence-corrected chi connectivity index (χ4v) is 3.65. The molecule has 0 radical (unpaired) electrons. The van der Waals surface area contributed by atoms with Crippen molar-refractivity contribution in [1.82, 2.24) is 5.32 Å². The number of rotatable bonds is 5. The Balaban J connectivity index is 2.21. The van der Waals surface area contributed by atoms with Crippen LogP contribution >= 0.6 is 11.3 Å². The lowest BCUT2D eigenvalue weighted by Crippen LogP contribution is -2.37. The molecule has 1 aromatic carbocycles. The normalized spacial score (nSPS) is 12.8. The fraction of sp³-hybridized carbons (Fsp3) is 0.438. The first-order valence-corrected chi connectivity index (χ1v) is 7.97. The van der Waals surface area contributed by atoms with E-state index in [1.165, 1.54) is 11.3 Å². The average Bonchev–Trinajstić information content (AvgIpc) is 2.78. The van der Waals surface area contributed by atoms with Crippen molar-refractivity contribution in [3.05, 3.63) is 29.1 Å². The number of hydrogen-bond acceptors (Lipinski definition) is 3. The zero-order valence-corrected chi connectivity index (χ0v) is 13.1. The number of anilines is 1. The third-order valence-corrected chi connectivity index (χ3v) is 5.14. The molecule has 20 heavy (non-hydrogen) atoms. The molecule has 0 saturated carbocycles. The standard InChI is InChI=1S/C16H22N2OS/c1-4-11(5-2)10(3)18-16(19)15-14(17)12-8-6-7-9-13(12)20-15/h6-11H,4-5,17H2,1-3H3,(H,18,19). The van der Waals surface area contributed by atoms with Gasteiger partial charge in [-0.15, -0.1) is 11.3 Å². The summed E-state index contributed by atoms with van der Waals surface area (Å²) in [7, 11) is 0. The summed E-state index contributed by atoms with van der Waals surface area (Å²) in [5, 5.41) is 4.06. The average molecular weight is 290 g/mol. The number of fused-ring (bicyclic) bond motifs is 1. The third-order valence-electron chi connectivity index (χ3n) is 3.95. The summed E-state index contributed by atoms with van der Waals surface area (Å²) in [5.74, 6) is 0.456. The van der Waals surface area contributed by atoms with Crippen LogP contribution in [0.5, 0.6) is 0 Å². The molecule has 0 fully saturated rings. The summed E-state index contributed by atoms with van der Waals surface area (Å²) in [6, 6.07) is 8.04. The number of nitrogen functional groups attached to an aromatic ring is 1. The number of nitrogens with two attached hydrogens (primary N) is 1. The van der Waals surface area contributed by atoms with Crippen LogP contribution in [0.1, 0.15) is 43.3 Å². The van der Waals surface area contributed by atoms with Gasteiger partial charge in [0.2, 0.25) is 0 Å². The number of benzene rings is 1. The van der Waals surface area contributed by atoms with Crippen molar-refractivity contribution in [3.8, 4) is 0 Å². The summed E-state index contributed by atoms with van der Waals surface area (Å²) in [5.41, 5.74) is 6.70. The summed E-state index contributed by atoms with van der Waals surface area (Å²) >= 11 is 1.46. The van der Waals surface area contributed by atoms with E-state index in [1.807, 2.05) is 24.3 Å². The topological polar surface area (TPSA) is 55.1 Å². The van der Waals surface area contributed by atoms with Crippen molar-refractivity contribution < 1.29 is 4.79 Å². The van der Waals surface area contributed by atoms with E-state index in [4.69, 9.17) is 5.73 Å². The number of amides is 1. The predicted molar refractivity (Wildman–Crippen MR) is 87.2 cm³/mol. The van der Waals surface area contributed by atoms with Gasteiger partial charge in [-0.05, 0) is 18.9 Å². The monoisotopic (exact) mass is 290 g/mol. The third kappa shape index (κ3) is 2.80. The van der Waals surface area contributed by atoms with Crippen molar-refractivity contribution in [3.63, 3.8) is 0 Å². The van der Waals surface area contributed by atoms with Crippen molar-refractivity contribution >= 4 is 33.0 Å². The first-order chi connectivity index (χ1) is 9.58. The van der Waals surface area contributed by atoms with Crippen LogP contribution in [0.15, 0.2) is 24.3 Å². The molecule has 0 saturated heterocycles. The van der Waals surface area contributed by atoms with E-state index in [0.29, 0.717) is 16.5 Å². The molecule has 1 unspecified atom stereocenters. The molecule has 1 heterocycles. The van der Waals surface area contributed by atoms with Crippen LogP contribution in [0.4, 0.5) is 5.69 Å². The molecule has 0 spiro atoms. The van der Waals surface area contributed by atoms with Crippen molar-refractivity contribution in [2.24, 2.45) is 5.92 Å². The molecule has 1 atom stereocenters. The lowest BCUT2D eigenvalue weighted by molar-refractivity contribution is 0.0930. The maximum absolute atomic E-state index is 12.4. The van der Waals surface area contributed by atoms with Crippen molar-refractivity contribution in [1.29, 1.82) is 0 Å². The minimum atomic E-state index is -0.0527. The van der Waals surface area contributed by atoms with Crippen LogP contribution in [0.25, 0.3) is 10.1 Å². The Kier molecular flexibility index (Phi) is 4.65. The number of nitrogens with one attached hydrogen (secondary N) is 1. The molecule has 3 nitrogen and oxygen atoms in total. The molecule has 0 bridgehead atoms. The maximum Gasteiger partial charge on any atom is 0.263 e. The lowest BCUT2D eigenvalue weighted by Gasteiger charge is -2.22. The highest BCUT2D eigenvalue weighted by Gasteiger charge is 2.20. The maximum atomic E-state index is 12.4. The number of carbonyl (C=O) groups excluding carboxylic acids is 1. The van der Waals surface area contributed by atoms with Crippen LogP contribution < -0.4 is 11.1 Å². The van der Waals surface area contributed by atoms with Gasteiger partial charge in [0.05, 0.1) is 5.69 Å². The van der Waals surface area contributed by atoms with Gasteiger partial charge in [-0.1, -0.05) is 44.9 Å². The molecule has 4 heteroatoms. The van der Waals surface area contributed by atoms with Gasteiger partial charge in [0, 0.05) is 16.1 Å². The van der Waals surface area contributed by atoms with E-state index in [2.05, 4.69) is 26.1 Å². The smallest absolute Gasteiger partial charge is 0.263 e. The predicted octanol–water partition coefficient (Wildman–Crippen LogP) is 4.04. The highest BCUT2D eigenvalue weighted by Crippen LogP contribution is 2.33. The molecule has 0 aliphatic carbocycles. The Labute approximate surface area is 124 Å². The van der Waals surface area contributed by atoms with Gasteiger partial charge in [0.25, 0.3) is 5.91 Å². The van der Waals surface area contributed by atoms with Crippen LogP contribution in [-0.2, 0) is 0 Å². The van der Waals surface area contributed by atoms with Gasteiger partial charge < -0.3 is 11.1 Å². The first kappa shape index (κ1) is 14.9. The van der Waals surface area contributed by atoms with Gasteiger partial charge in [-0.2, -0.15) is 0 Å². The molecular weight excluding hydrogens is 268 g/mol. The molecule has 2 aromatic rings. The summed E-state index contributed by atoms with van der Waals surface area (Å²) in [6.07, 6.45) is 2.14. The largest absolute Gasteiger partial charge is 0.397 e. The summed E-state index contributed by atoms with van der Waals surface area (Å²) in [6.45, 7) is 6.38. The minimum absolute atomic E-state index is 0.0527. The molecule has 0 aliphatic heterocycles. The van der Waals surface area contributed by atoms with E-state index in [1.54, 1.807) is 0 Å². The zero-order valence-electron chi connectivity index (χ0n) is 12.3. The molecule has 2 rings (SSSR count). The van der Waals surface area contributed by atoms with E-state index < -0.39 is 0 Å². The second-order valence-electron chi connectivity index (χ2n) is 5.18. The van der Waals surface area contributed by atoms with Crippen LogP contribution in [-0.4, -0.2) is 11.9 Å². The van der Waals surface area contributed by atoms with Gasteiger partial charge in [-0.3, -0.25) is 4.79 Å². The molecular formula is C16H22N2OS. The highest BCUT2D eigenvalue weighted by atomic mass is 32.1. The second-order valence-corrected chi connectivity index (χ2v) is 6.23. The highest BCUT2D eigenvalue weighted by molar-refractivity contribution is 7.21. The Bertz CT molecular complexity index is 602. The fourth-order valence-electron chi connectivity index (χ4n) is 2.62. The van der Waals surface area contributed by atoms with Gasteiger partial charge in [0.1, 0.15) is 4.88 Å². The zero-order chi connectivity index (χ0) is 14.7. The Hall–Kier alpha value is -1.55. The van der Waals surface area contributed by atoms with Crippen molar-refractivity contribution in [2.45, 2.75) is 39.7 Å². The van der Waals surface area contributed by atoms with Gasteiger partial charge >= 0.3 is 0 Å². The SMILES string of the molecule is CCC(CC)C(C)NC(=O)c1sc2ccccc2c1N. The number of carbonyl (C=O) groups is 1. The summed E-state index contributed by atoms with van der Waals surface area (Å²) < 4.78 is 1.06. The van der Waals surface area contributed by atoms with Crippen molar-refractivity contribution in [2.75, 3.05) is 5.73 Å². The molecule has 0 aliphatic rings. The quantitative estimate of drug-likeness (QED) is 0.873. The first-order valence-electron chi connectivity index (χ1n) is 7.16. The molecule has 1 amide bonds. The van der Waals surface area contributed by atoms with Crippen LogP contribution in [0, 0.1) is 5.92 Å². The number of hydrogen-bond donors (Lipinski definition) is 2. The van der Waals surface area contributed by atoms with E-state index in [-0.39, 0.29) is 11.9 Å². The summed E-state index contributed by atoms with van der Waals surface area (Å²) in [4.78, 5) is 13.0.